The van der Waals surface area contributed by atoms with Gasteiger partial charge in [0, 0.05) is 24.2 Å². The van der Waals surface area contributed by atoms with Crippen LogP contribution in [-0.4, -0.2) is 24.8 Å². The lowest BCUT2D eigenvalue weighted by atomic mass is 10.1. The number of hydrogen-bond acceptors (Lipinski definition) is 2. The lowest BCUT2D eigenvalue weighted by molar-refractivity contribution is 0.417. The second-order valence-corrected chi connectivity index (χ2v) is 4.69. The van der Waals surface area contributed by atoms with Gasteiger partial charge in [-0.2, -0.15) is 0 Å². The molecular formula is C15H22N2O. The molecular weight excluding hydrogens is 224 g/mol. The Balaban J connectivity index is 2.55. The third kappa shape index (κ3) is 2.23. The topological polar surface area (TPSA) is 26.2 Å². The number of nitrogens with zero attached hydrogens (tertiary/aromatic N) is 1. The number of aryl methyl sites for hydroxylation is 1. The first-order chi connectivity index (χ1) is 8.71. The molecule has 0 fully saturated rings. The van der Waals surface area contributed by atoms with E-state index in [1.165, 1.54) is 16.5 Å². The Morgan fingerprint density at radius 3 is 2.78 bits per heavy atom. The highest BCUT2D eigenvalue weighted by Crippen LogP contribution is 2.30. The van der Waals surface area contributed by atoms with E-state index in [1.54, 1.807) is 7.11 Å². The molecule has 1 unspecified atom stereocenters. The summed E-state index contributed by atoms with van der Waals surface area (Å²) in [7, 11) is 3.74. The fourth-order valence-electron chi connectivity index (χ4n) is 2.41. The van der Waals surface area contributed by atoms with Gasteiger partial charge in [0.1, 0.15) is 5.75 Å². The highest BCUT2D eigenvalue weighted by Gasteiger charge is 2.13. The fraction of sp³-hybridized carbons (Fsp3) is 0.467. The van der Waals surface area contributed by atoms with Crippen LogP contribution < -0.4 is 10.1 Å². The van der Waals surface area contributed by atoms with Gasteiger partial charge in [0.05, 0.1) is 12.6 Å². The van der Waals surface area contributed by atoms with E-state index in [-0.39, 0.29) is 0 Å². The Hall–Kier alpha value is -1.48. The molecule has 2 aromatic rings. The maximum absolute atomic E-state index is 5.48. The third-order valence-corrected chi connectivity index (χ3v) is 3.52. The zero-order valence-electron chi connectivity index (χ0n) is 11.7. The molecule has 0 saturated carbocycles. The van der Waals surface area contributed by atoms with Gasteiger partial charge in [-0.05, 0) is 38.9 Å². The molecule has 1 heterocycles. The molecule has 0 spiro atoms. The van der Waals surface area contributed by atoms with E-state index < -0.39 is 0 Å². The normalized spacial score (nSPS) is 12.9. The van der Waals surface area contributed by atoms with Crippen LogP contribution in [0.1, 0.15) is 19.4 Å². The number of rotatable bonds is 5. The number of para-hydroxylation sites is 1. The quantitative estimate of drug-likeness (QED) is 0.878. The monoisotopic (exact) mass is 246 g/mol. The highest BCUT2D eigenvalue weighted by molar-refractivity contribution is 5.89. The molecule has 18 heavy (non-hydrogen) atoms. The summed E-state index contributed by atoms with van der Waals surface area (Å²) in [6, 6.07) is 6.75. The lowest BCUT2D eigenvalue weighted by Crippen LogP contribution is -2.23. The van der Waals surface area contributed by atoms with E-state index in [2.05, 4.69) is 42.1 Å². The first kappa shape index (κ1) is 13.0. The zero-order valence-corrected chi connectivity index (χ0v) is 11.7. The molecule has 3 heteroatoms. The number of benzene rings is 1. The van der Waals surface area contributed by atoms with Crippen LogP contribution in [0.3, 0.4) is 0 Å². The zero-order chi connectivity index (χ0) is 13.1. The molecule has 1 aromatic heterocycles. The molecule has 98 valence electrons. The van der Waals surface area contributed by atoms with Crippen LogP contribution in [0.15, 0.2) is 24.4 Å². The van der Waals surface area contributed by atoms with Crippen LogP contribution in [-0.2, 0) is 13.0 Å². The maximum Gasteiger partial charge on any atom is 0.143 e. The van der Waals surface area contributed by atoms with Gasteiger partial charge in [-0.1, -0.05) is 12.1 Å². The van der Waals surface area contributed by atoms with Crippen LogP contribution in [0, 0.1) is 0 Å². The summed E-state index contributed by atoms with van der Waals surface area (Å²) < 4.78 is 7.75. The number of methoxy groups -OCH3 is 1. The Labute approximate surface area is 109 Å². The molecule has 0 aliphatic heterocycles. The van der Waals surface area contributed by atoms with Crippen molar-refractivity contribution in [3.63, 3.8) is 0 Å². The number of hydrogen-bond donors (Lipinski definition) is 1. The van der Waals surface area contributed by atoms with Crippen molar-refractivity contribution < 1.29 is 4.74 Å². The van der Waals surface area contributed by atoms with Crippen LogP contribution in [0.25, 0.3) is 10.9 Å². The minimum absolute atomic E-state index is 0.479. The smallest absolute Gasteiger partial charge is 0.143 e. The number of likely N-dealkylation sites (N-methyl/N-ethyl adjacent to an activating group) is 1. The minimum Gasteiger partial charge on any atom is -0.495 e. The SMILES string of the molecule is CCn1cc(CC(C)NC)c2cccc(OC)c21. The summed E-state index contributed by atoms with van der Waals surface area (Å²) >= 11 is 0. The van der Waals surface area contributed by atoms with Crippen molar-refractivity contribution in [2.45, 2.75) is 32.9 Å². The van der Waals surface area contributed by atoms with Gasteiger partial charge in [0.25, 0.3) is 0 Å². The molecule has 0 saturated heterocycles. The van der Waals surface area contributed by atoms with Crippen molar-refractivity contribution >= 4 is 10.9 Å². The third-order valence-electron chi connectivity index (χ3n) is 3.52. The molecule has 0 bridgehead atoms. The number of fused-ring (bicyclic) bond motifs is 1. The van der Waals surface area contributed by atoms with Gasteiger partial charge >= 0.3 is 0 Å². The van der Waals surface area contributed by atoms with Crippen molar-refractivity contribution in [1.29, 1.82) is 0 Å². The molecule has 1 N–H and O–H groups in total. The van der Waals surface area contributed by atoms with Crippen molar-refractivity contribution in [1.82, 2.24) is 9.88 Å². The van der Waals surface area contributed by atoms with Gasteiger partial charge in [0.15, 0.2) is 0 Å². The summed E-state index contributed by atoms with van der Waals surface area (Å²) in [6.45, 7) is 5.33. The van der Waals surface area contributed by atoms with Crippen LogP contribution in [0.5, 0.6) is 5.75 Å². The largest absolute Gasteiger partial charge is 0.495 e. The first-order valence-corrected chi connectivity index (χ1v) is 6.53. The summed E-state index contributed by atoms with van der Waals surface area (Å²) in [5, 5.41) is 4.60. The summed E-state index contributed by atoms with van der Waals surface area (Å²) in [4.78, 5) is 0. The van der Waals surface area contributed by atoms with Crippen LogP contribution in [0.2, 0.25) is 0 Å². The molecule has 1 atom stereocenters. The van der Waals surface area contributed by atoms with Gasteiger partial charge in [0.2, 0.25) is 0 Å². The van der Waals surface area contributed by atoms with Crippen molar-refractivity contribution in [2.75, 3.05) is 14.2 Å². The molecule has 0 radical (unpaired) electrons. The van der Waals surface area contributed by atoms with Gasteiger partial charge in [-0.25, -0.2) is 0 Å². The summed E-state index contributed by atoms with van der Waals surface area (Å²) in [5.41, 5.74) is 2.59. The minimum atomic E-state index is 0.479. The molecule has 0 aliphatic rings. The molecule has 2 rings (SSSR count). The van der Waals surface area contributed by atoms with Gasteiger partial charge in [-0.15, -0.1) is 0 Å². The van der Waals surface area contributed by atoms with Gasteiger partial charge < -0.3 is 14.6 Å². The Kier molecular flexibility index (Phi) is 3.92. The van der Waals surface area contributed by atoms with Gasteiger partial charge in [-0.3, -0.25) is 0 Å². The van der Waals surface area contributed by atoms with E-state index in [9.17, 15) is 0 Å². The second kappa shape index (κ2) is 5.44. The van der Waals surface area contributed by atoms with E-state index in [1.807, 2.05) is 13.1 Å². The Bertz CT molecular complexity index is 531. The molecule has 3 nitrogen and oxygen atoms in total. The maximum atomic E-state index is 5.48. The predicted molar refractivity (Wildman–Crippen MR) is 76.4 cm³/mol. The van der Waals surface area contributed by atoms with E-state index in [4.69, 9.17) is 4.74 Å². The summed E-state index contributed by atoms with van der Waals surface area (Å²) in [5.74, 6) is 0.956. The van der Waals surface area contributed by atoms with E-state index >= 15 is 0 Å². The molecule has 0 amide bonds. The Morgan fingerprint density at radius 1 is 1.39 bits per heavy atom. The Morgan fingerprint density at radius 2 is 2.17 bits per heavy atom. The van der Waals surface area contributed by atoms with Crippen LogP contribution in [0.4, 0.5) is 0 Å². The first-order valence-electron chi connectivity index (χ1n) is 6.53. The average molecular weight is 246 g/mol. The fourth-order valence-corrected chi connectivity index (χ4v) is 2.41. The number of aromatic nitrogens is 1. The number of ether oxygens (including phenoxy) is 1. The predicted octanol–water partition coefficient (Wildman–Crippen LogP) is 2.82. The van der Waals surface area contributed by atoms with Crippen molar-refractivity contribution in [3.8, 4) is 5.75 Å². The average Bonchev–Trinajstić information content (AvgIpc) is 2.76. The molecule has 1 aromatic carbocycles. The van der Waals surface area contributed by atoms with E-state index in [0.29, 0.717) is 6.04 Å². The highest BCUT2D eigenvalue weighted by atomic mass is 16.5. The molecule has 0 aliphatic carbocycles. The number of nitrogens with one attached hydrogen (secondary N) is 1. The van der Waals surface area contributed by atoms with Crippen molar-refractivity contribution in [2.24, 2.45) is 0 Å². The van der Waals surface area contributed by atoms with Crippen LogP contribution >= 0.6 is 0 Å². The second-order valence-electron chi connectivity index (χ2n) is 4.69. The standard InChI is InChI=1S/C15H22N2O/c1-5-17-10-12(9-11(2)16-3)13-7-6-8-14(18-4)15(13)17/h6-8,10-11,16H,5,9H2,1-4H3. The lowest BCUT2D eigenvalue weighted by Gasteiger charge is -2.08. The van der Waals surface area contributed by atoms with Crippen molar-refractivity contribution in [3.05, 3.63) is 30.0 Å². The van der Waals surface area contributed by atoms with E-state index in [0.717, 1.165) is 18.7 Å². The summed E-state index contributed by atoms with van der Waals surface area (Å²) in [6.07, 6.45) is 3.29.